The molecule has 0 radical (unpaired) electrons. The van der Waals surface area contributed by atoms with E-state index in [-0.39, 0.29) is 6.10 Å². The molecule has 1 aromatic carbocycles. The number of aliphatic hydroxyl groups is 1. The summed E-state index contributed by atoms with van der Waals surface area (Å²) < 4.78 is 1.04. The fourth-order valence-electron chi connectivity index (χ4n) is 1.23. The number of nitrogens with zero attached hydrogens (tertiary/aromatic N) is 1. The Morgan fingerprint density at radius 3 is 2.36 bits per heavy atom. The second kappa shape index (κ2) is 5.49. The Morgan fingerprint density at radius 1 is 1.29 bits per heavy atom. The predicted molar refractivity (Wildman–Crippen MR) is 62.3 cm³/mol. The van der Waals surface area contributed by atoms with Crippen LogP contribution in [-0.2, 0) is 0 Å². The van der Waals surface area contributed by atoms with Gasteiger partial charge in [0.2, 0.25) is 0 Å². The molecule has 78 valence electrons. The predicted octanol–water partition coefficient (Wildman–Crippen LogP) is 2.43. The second-order valence-corrected chi connectivity index (χ2v) is 4.57. The van der Waals surface area contributed by atoms with Crippen molar-refractivity contribution in [2.75, 3.05) is 20.6 Å². The Kier molecular flexibility index (Phi) is 4.58. The van der Waals surface area contributed by atoms with E-state index in [1.807, 2.05) is 38.4 Å². The third-order valence-corrected chi connectivity index (χ3v) is 2.63. The maximum Gasteiger partial charge on any atom is 0.0802 e. The minimum atomic E-state index is -0.356. The molecule has 14 heavy (non-hydrogen) atoms. The normalized spacial score (nSPS) is 13.2. The molecule has 0 fully saturated rings. The highest BCUT2D eigenvalue weighted by molar-refractivity contribution is 9.10. The SMILES string of the molecule is CN(C)CCC(O)c1ccc(Br)cc1. The molecule has 0 heterocycles. The molecular weight excluding hydrogens is 242 g/mol. The first-order valence-electron chi connectivity index (χ1n) is 4.68. The first-order valence-corrected chi connectivity index (χ1v) is 5.47. The zero-order valence-electron chi connectivity index (χ0n) is 8.57. The average Bonchev–Trinajstić information content (AvgIpc) is 2.15. The van der Waals surface area contributed by atoms with E-state index in [9.17, 15) is 5.11 Å². The third kappa shape index (κ3) is 3.78. The highest BCUT2D eigenvalue weighted by Crippen LogP contribution is 2.19. The first-order chi connectivity index (χ1) is 6.59. The van der Waals surface area contributed by atoms with Gasteiger partial charge in [-0.15, -0.1) is 0 Å². The second-order valence-electron chi connectivity index (χ2n) is 3.66. The number of benzene rings is 1. The number of hydrogen-bond donors (Lipinski definition) is 1. The van der Waals surface area contributed by atoms with Crippen molar-refractivity contribution in [2.45, 2.75) is 12.5 Å². The summed E-state index contributed by atoms with van der Waals surface area (Å²) in [5, 5.41) is 9.82. The summed E-state index contributed by atoms with van der Waals surface area (Å²) in [6, 6.07) is 7.80. The molecular formula is C11H16BrNO. The van der Waals surface area contributed by atoms with Gasteiger partial charge in [-0.25, -0.2) is 0 Å². The summed E-state index contributed by atoms with van der Waals surface area (Å²) in [7, 11) is 4.02. The number of rotatable bonds is 4. The van der Waals surface area contributed by atoms with Crippen LogP contribution < -0.4 is 0 Å². The van der Waals surface area contributed by atoms with Crippen LogP contribution in [-0.4, -0.2) is 30.6 Å². The van der Waals surface area contributed by atoms with Gasteiger partial charge >= 0.3 is 0 Å². The van der Waals surface area contributed by atoms with Gasteiger partial charge in [-0.1, -0.05) is 28.1 Å². The van der Waals surface area contributed by atoms with Crippen LogP contribution in [0, 0.1) is 0 Å². The standard InChI is InChI=1S/C11H16BrNO/c1-13(2)8-7-11(14)9-3-5-10(12)6-4-9/h3-6,11,14H,7-8H2,1-2H3. The topological polar surface area (TPSA) is 23.5 Å². The van der Waals surface area contributed by atoms with Crippen LogP contribution in [0.2, 0.25) is 0 Å². The molecule has 0 aliphatic carbocycles. The Hall–Kier alpha value is -0.380. The smallest absolute Gasteiger partial charge is 0.0802 e. The van der Waals surface area contributed by atoms with E-state index in [2.05, 4.69) is 20.8 Å². The summed E-state index contributed by atoms with van der Waals surface area (Å²) >= 11 is 3.37. The van der Waals surface area contributed by atoms with Crippen molar-refractivity contribution in [3.8, 4) is 0 Å². The molecule has 0 aromatic heterocycles. The average molecular weight is 258 g/mol. The van der Waals surface area contributed by atoms with Crippen LogP contribution in [0.1, 0.15) is 18.1 Å². The van der Waals surface area contributed by atoms with E-state index in [1.54, 1.807) is 0 Å². The zero-order valence-corrected chi connectivity index (χ0v) is 10.2. The molecule has 0 saturated carbocycles. The molecule has 0 spiro atoms. The van der Waals surface area contributed by atoms with Crippen molar-refractivity contribution >= 4 is 15.9 Å². The highest BCUT2D eigenvalue weighted by Gasteiger charge is 2.06. The van der Waals surface area contributed by atoms with Crippen molar-refractivity contribution in [3.05, 3.63) is 34.3 Å². The van der Waals surface area contributed by atoms with Crippen LogP contribution in [0.15, 0.2) is 28.7 Å². The molecule has 1 atom stereocenters. The lowest BCUT2D eigenvalue weighted by Crippen LogP contribution is -2.15. The maximum atomic E-state index is 9.82. The summed E-state index contributed by atoms with van der Waals surface area (Å²) in [5.41, 5.74) is 0.982. The Labute approximate surface area is 93.7 Å². The monoisotopic (exact) mass is 257 g/mol. The summed E-state index contributed by atoms with van der Waals surface area (Å²) in [5.74, 6) is 0. The highest BCUT2D eigenvalue weighted by atomic mass is 79.9. The number of aliphatic hydroxyl groups excluding tert-OH is 1. The van der Waals surface area contributed by atoms with Crippen molar-refractivity contribution in [2.24, 2.45) is 0 Å². The summed E-state index contributed by atoms with van der Waals surface area (Å²) in [4.78, 5) is 2.07. The fraction of sp³-hybridized carbons (Fsp3) is 0.455. The molecule has 1 N–H and O–H groups in total. The van der Waals surface area contributed by atoms with Gasteiger partial charge in [0.15, 0.2) is 0 Å². The van der Waals surface area contributed by atoms with Gasteiger partial charge < -0.3 is 10.0 Å². The quantitative estimate of drug-likeness (QED) is 0.896. The first kappa shape index (κ1) is 11.7. The van der Waals surface area contributed by atoms with E-state index in [0.29, 0.717) is 0 Å². The van der Waals surface area contributed by atoms with Gasteiger partial charge in [-0.05, 0) is 38.2 Å². The number of halogens is 1. The van der Waals surface area contributed by atoms with Crippen molar-refractivity contribution in [1.82, 2.24) is 4.90 Å². The van der Waals surface area contributed by atoms with Crippen LogP contribution in [0.5, 0.6) is 0 Å². The molecule has 1 unspecified atom stereocenters. The van der Waals surface area contributed by atoms with Crippen molar-refractivity contribution in [3.63, 3.8) is 0 Å². The van der Waals surface area contributed by atoms with E-state index < -0.39 is 0 Å². The van der Waals surface area contributed by atoms with Crippen LogP contribution in [0.25, 0.3) is 0 Å². The largest absolute Gasteiger partial charge is 0.388 e. The van der Waals surface area contributed by atoms with E-state index in [4.69, 9.17) is 0 Å². The summed E-state index contributed by atoms with van der Waals surface area (Å²) in [6.07, 6.45) is 0.416. The zero-order chi connectivity index (χ0) is 10.6. The van der Waals surface area contributed by atoms with Gasteiger partial charge in [0, 0.05) is 11.0 Å². The van der Waals surface area contributed by atoms with Crippen LogP contribution >= 0.6 is 15.9 Å². The Bertz CT molecular complexity index is 271. The van der Waals surface area contributed by atoms with Gasteiger partial charge in [-0.2, -0.15) is 0 Å². The van der Waals surface area contributed by atoms with Gasteiger partial charge in [0.1, 0.15) is 0 Å². The van der Waals surface area contributed by atoms with Gasteiger partial charge in [0.25, 0.3) is 0 Å². The molecule has 1 rings (SSSR count). The molecule has 0 amide bonds. The lowest BCUT2D eigenvalue weighted by molar-refractivity contribution is 0.154. The molecule has 0 aliphatic rings. The molecule has 2 nitrogen and oxygen atoms in total. The van der Waals surface area contributed by atoms with Crippen molar-refractivity contribution < 1.29 is 5.11 Å². The lowest BCUT2D eigenvalue weighted by atomic mass is 10.1. The van der Waals surface area contributed by atoms with E-state index in [1.165, 1.54) is 0 Å². The van der Waals surface area contributed by atoms with E-state index >= 15 is 0 Å². The van der Waals surface area contributed by atoms with Gasteiger partial charge in [0.05, 0.1) is 6.10 Å². The molecule has 0 bridgehead atoms. The minimum absolute atomic E-state index is 0.356. The minimum Gasteiger partial charge on any atom is -0.388 e. The number of hydrogen-bond acceptors (Lipinski definition) is 2. The van der Waals surface area contributed by atoms with E-state index in [0.717, 1.165) is 23.0 Å². The van der Waals surface area contributed by atoms with Crippen LogP contribution in [0.3, 0.4) is 0 Å². The Morgan fingerprint density at radius 2 is 1.86 bits per heavy atom. The summed E-state index contributed by atoms with van der Waals surface area (Å²) in [6.45, 7) is 0.900. The molecule has 0 saturated heterocycles. The molecule has 0 aliphatic heterocycles. The maximum absolute atomic E-state index is 9.82. The fourth-order valence-corrected chi connectivity index (χ4v) is 1.50. The van der Waals surface area contributed by atoms with Crippen molar-refractivity contribution in [1.29, 1.82) is 0 Å². The molecule has 3 heteroatoms. The Balaban J connectivity index is 2.52. The van der Waals surface area contributed by atoms with Gasteiger partial charge in [-0.3, -0.25) is 0 Å². The molecule has 1 aromatic rings. The van der Waals surface area contributed by atoms with Crippen LogP contribution in [0.4, 0.5) is 0 Å². The lowest BCUT2D eigenvalue weighted by Gasteiger charge is -2.14. The third-order valence-electron chi connectivity index (χ3n) is 2.10.